The maximum Gasteiger partial charge on any atom is -0.0351 e. The number of hydrogen-bond donors (Lipinski definition) is 0. The van der Waals surface area contributed by atoms with E-state index in [1.54, 1.807) is 0 Å². The first kappa shape index (κ1) is 47.2. The molecule has 2 aliphatic carbocycles. The van der Waals surface area contributed by atoms with Crippen molar-refractivity contribution in [1.82, 2.24) is 0 Å². The lowest BCUT2D eigenvalue weighted by Gasteiger charge is -2.34. The van der Waals surface area contributed by atoms with Crippen LogP contribution in [0.15, 0.2) is 0 Å². The third-order valence-corrected chi connectivity index (χ3v) is 5.65. The van der Waals surface area contributed by atoms with Gasteiger partial charge in [0.2, 0.25) is 0 Å². The summed E-state index contributed by atoms with van der Waals surface area (Å²) in [5, 5.41) is 0. The molecule has 0 N–H and O–H groups in total. The Morgan fingerprint density at radius 1 is 0.559 bits per heavy atom. The molecule has 0 aliphatic heterocycles. The van der Waals surface area contributed by atoms with E-state index < -0.39 is 0 Å². The largest absolute Gasteiger partial charge is 0.0683 e. The average Bonchev–Trinajstić information content (AvgIpc) is 3.03. The van der Waals surface area contributed by atoms with Gasteiger partial charge in [-0.2, -0.15) is 0 Å². The van der Waals surface area contributed by atoms with E-state index in [0.29, 0.717) is 5.41 Å². The van der Waals surface area contributed by atoms with Crippen LogP contribution in [0.4, 0.5) is 0 Å². The molecule has 0 aromatic carbocycles. The second kappa shape index (κ2) is 43.1. The van der Waals surface area contributed by atoms with Crippen LogP contribution in [0.2, 0.25) is 0 Å². The highest BCUT2D eigenvalue weighted by Gasteiger charge is 2.33. The summed E-state index contributed by atoms with van der Waals surface area (Å²) in [6.07, 6.45) is 18.7. The summed E-state index contributed by atoms with van der Waals surface area (Å²) in [5.74, 6) is 3.11. The fraction of sp³-hybridized carbons (Fsp3) is 1.00. The van der Waals surface area contributed by atoms with E-state index in [1.807, 2.05) is 55.4 Å². The SMILES string of the molecule is CC.CC.CC.CC.CC1CCC(C)(C)CC(C2CCCCC2)C1.CCC.CCC.CCCC. The Bertz CT molecular complexity index is 255. The molecule has 2 saturated carbocycles. The van der Waals surface area contributed by atoms with Crippen LogP contribution >= 0.6 is 0 Å². The molecule has 0 aromatic rings. The van der Waals surface area contributed by atoms with Crippen molar-refractivity contribution in [3.05, 3.63) is 0 Å². The van der Waals surface area contributed by atoms with Crippen molar-refractivity contribution in [3.8, 4) is 0 Å². The lowest BCUT2D eigenvalue weighted by atomic mass is 9.71. The van der Waals surface area contributed by atoms with Crippen LogP contribution in [0.3, 0.4) is 0 Å². The van der Waals surface area contributed by atoms with Crippen molar-refractivity contribution in [3.63, 3.8) is 0 Å². The molecule has 0 heteroatoms. The second-order valence-corrected chi connectivity index (χ2v) is 9.82. The summed E-state index contributed by atoms with van der Waals surface area (Å²) in [7, 11) is 0. The zero-order chi connectivity index (χ0) is 28.4. The van der Waals surface area contributed by atoms with Crippen LogP contribution < -0.4 is 0 Å². The Morgan fingerprint density at radius 3 is 1.24 bits per heavy atom. The van der Waals surface area contributed by atoms with Gasteiger partial charge in [-0.25, -0.2) is 0 Å². The van der Waals surface area contributed by atoms with Crippen molar-refractivity contribution >= 4 is 0 Å². The van der Waals surface area contributed by atoms with Crippen molar-refractivity contribution in [2.75, 3.05) is 0 Å². The fourth-order valence-electron chi connectivity index (χ4n) is 4.13. The molecule has 0 aromatic heterocycles. The van der Waals surface area contributed by atoms with Crippen molar-refractivity contribution < 1.29 is 0 Å². The topological polar surface area (TPSA) is 0 Å². The standard InChI is InChI=1S/C16H30.C4H10.2C3H8.4C2H6/c1-13-9-10-16(2,3)12-15(11-13)14-7-5-4-6-8-14;1-3-4-2;2*1-3-2;4*1-2/h13-15H,4-12H2,1-3H3;3-4H2,1-2H3;2*3H2,1-2H3;4*1-2H3. The molecule has 216 valence electrons. The van der Waals surface area contributed by atoms with Crippen molar-refractivity contribution in [2.45, 2.75) is 201 Å². The number of rotatable bonds is 2. The zero-order valence-corrected chi connectivity index (χ0v) is 28.4. The van der Waals surface area contributed by atoms with Crippen LogP contribution in [0.5, 0.6) is 0 Å². The first-order chi connectivity index (χ1) is 16.3. The molecule has 2 rings (SSSR count). The van der Waals surface area contributed by atoms with Crippen LogP contribution in [0.25, 0.3) is 0 Å². The van der Waals surface area contributed by atoms with Gasteiger partial charge in [0.25, 0.3) is 0 Å². The summed E-state index contributed by atoms with van der Waals surface area (Å²) in [6.45, 7) is 36.3. The summed E-state index contributed by atoms with van der Waals surface area (Å²) >= 11 is 0. The Kier molecular flexibility index (Phi) is 59.9. The molecule has 0 heterocycles. The molecule has 2 aliphatic rings. The van der Waals surface area contributed by atoms with Crippen LogP contribution in [-0.2, 0) is 0 Å². The third-order valence-electron chi connectivity index (χ3n) is 5.65. The van der Waals surface area contributed by atoms with Gasteiger partial charge in [0.05, 0.1) is 0 Å². The predicted molar refractivity (Wildman–Crippen MR) is 169 cm³/mol. The molecule has 0 radical (unpaired) electrons. The lowest BCUT2D eigenvalue weighted by Crippen LogP contribution is -2.23. The second-order valence-electron chi connectivity index (χ2n) is 9.82. The van der Waals surface area contributed by atoms with Gasteiger partial charge in [0, 0.05) is 0 Å². The highest BCUT2D eigenvalue weighted by Crippen LogP contribution is 2.45. The van der Waals surface area contributed by atoms with Gasteiger partial charge in [-0.1, -0.05) is 182 Å². The lowest BCUT2D eigenvalue weighted by molar-refractivity contribution is 0.170. The Balaban J connectivity index is -0.0000000909. The van der Waals surface area contributed by atoms with Crippen LogP contribution in [-0.4, -0.2) is 0 Å². The molecule has 0 amide bonds. The van der Waals surface area contributed by atoms with Crippen molar-refractivity contribution in [1.29, 1.82) is 0 Å². The minimum absolute atomic E-state index is 0.618. The monoisotopic (exact) mass is 489 g/mol. The quantitative estimate of drug-likeness (QED) is 0.339. The zero-order valence-electron chi connectivity index (χ0n) is 28.4. The van der Waals surface area contributed by atoms with Crippen molar-refractivity contribution in [2.24, 2.45) is 23.2 Å². The van der Waals surface area contributed by atoms with E-state index in [4.69, 9.17) is 0 Å². The van der Waals surface area contributed by atoms with Gasteiger partial charge < -0.3 is 0 Å². The Hall–Kier alpha value is 0. The van der Waals surface area contributed by atoms with E-state index in [9.17, 15) is 0 Å². The summed E-state index contributed by atoms with van der Waals surface area (Å²) < 4.78 is 0. The van der Waals surface area contributed by atoms with E-state index >= 15 is 0 Å². The Labute approximate surface area is 224 Å². The molecule has 2 atom stereocenters. The molecular weight excluding hydrogens is 408 g/mol. The van der Waals surface area contributed by atoms with Gasteiger partial charge in [0.15, 0.2) is 0 Å². The van der Waals surface area contributed by atoms with Gasteiger partial charge in [-0.3, -0.25) is 0 Å². The van der Waals surface area contributed by atoms with E-state index in [0.717, 1.165) is 17.8 Å². The summed E-state index contributed by atoms with van der Waals surface area (Å²) in [4.78, 5) is 0. The number of unbranched alkanes of at least 4 members (excludes halogenated alkanes) is 1. The molecule has 34 heavy (non-hydrogen) atoms. The van der Waals surface area contributed by atoms with Crippen LogP contribution in [0, 0.1) is 23.2 Å². The van der Waals surface area contributed by atoms with Gasteiger partial charge in [-0.05, 0) is 42.4 Å². The maximum atomic E-state index is 2.50. The van der Waals surface area contributed by atoms with Crippen LogP contribution in [0.1, 0.15) is 201 Å². The van der Waals surface area contributed by atoms with E-state index in [2.05, 4.69) is 62.3 Å². The smallest absolute Gasteiger partial charge is 0.0351 e. The highest BCUT2D eigenvalue weighted by molar-refractivity contribution is 4.84. The van der Waals surface area contributed by atoms with Gasteiger partial charge >= 0.3 is 0 Å². The minimum Gasteiger partial charge on any atom is -0.0683 e. The first-order valence-electron chi connectivity index (χ1n) is 16.3. The molecule has 2 fully saturated rings. The molecule has 2 unspecified atom stereocenters. The summed E-state index contributed by atoms with van der Waals surface area (Å²) in [5.41, 5.74) is 0.618. The highest BCUT2D eigenvalue weighted by atomic mass is 14.4. The Morgan fingerprint density at radius 2 is 0.912 bits per heavy atom. The maximum absolute atomic E-state index is 2.50. The molecule has 0 spiro atoms. The molecular formula is C34H80. The normalized spacial score (nSPS) is 20.0. The summed E-state index contributed by atoms with van der Waals surface area (Å²) in [6, 6.07) is 0. The number of hydrogen-bond acceptors (Lipinski definition) is 0. The van der Waals surface area contributed by atoms with Gasteiger partial charge in [-0.15, -0.1) is 0 Å². The molecule has 0 saturated heterocycles. The van der Waals surface area contributed by atoms with E-state index in [1.165, 1.54) is 83.5 Å². The molecule has 0 nitrogen and oxygen atoms in total. The minimum atomic E-state index is 0.618. The first-order valence-corrected chi connectivity index (χ1v) is 16.3. The van der Waals surface area contributed by atoms with Gasteiger partial charge in [0.1, 0.15) is 0 Å². The fourth-order valence-corrected chi connectivity index (χ4v) is 4.13. The predicted octanol–water partition coefficient (Wildman–Crippen LogP) is 14.2. The van der Waals surface area contributed by atoms with E-state index in [-0.39, 0.29) is 0 Å². The third kappa shape index (κ3) is 39.2. The molecule has 0 bridgehead atoms. The average molecular weight is 489 g/mol.